The highest BCUT2D eigenvalue weighted by atomic mass is 16.6. The van der Waals surface area contributed by atoms with E-state index in [0.29, 0.717) is 30.4 Å². The van der Waals surface area contributed by atoms with Crippen molar-refractivity contribution in [3.8, 4) is 0 Å². The third-order valence-corrected chi connectivity index (χ3v) is 6.52. The molecular formula is C24H35N7O4. The fourth-order valence-electron chi connectivity index (χ4n) is 4.35. The Morgan fingerprint density at radius 2 is 2.03 bits per heavy atom. The van der Waals surface area contributed by atoms with Crippen LogP contribution in [-0.4, -0.2) is 62.2 Å². The van der Waals surface area contributed by atoms with Gasteiger partial charge < -0.3 is 20.5 Å². The van der Waals surface area contributed by atoms with E-state index in [4.69, 9.17) is 4.74 Å². The fraction of sp³-hybridized carbons (Fsp3) is 0.625. The van der Waals surface area contributed by atoms with Crippen LogP contribution in [0.1, 0.15) is 53.9 Å². The van der Waals surface area contributed by atoms with E-state index in [0.717, 1.165) is 12.8 Å². The standard InChI is InChI=1S/C24H35N7O4/c1-22(2,3)35-21(34)26-14-24(16-6-7-16)9-11-30(19(24)33)18-8-10-25-20(29-18)28-17-12-27-31(13-17)23(4,5)15-32/h8,10,12-13,16,32H,6-7,9,11,14-15H2,1-5H3,(H,26,34)(H,25,28,29)/t24-/m1/s1. The number of aromatic nitrogens is 4. The third kappa shape index (κ3) is 5.39. The van der Waals surface area contributed by atoms with Gasteiger partial charge in [-0.05, 0) is 65.9 Å². The van der Waals surface area contributed by atoms with E-state index in [1.165, 1.54) is 0 Å². The maximum atomic E-state index is 13.6. The molecule has 0 unspecified atom stereocenters. The van der Waals surface area contributed by atoms with Gasteiger partial charge in [0.15, 0.2) is 0 Å². The number of carbonyl (C=O) groups excluding carboxylic acids is 2. The summed E-state index contributed by atoms with van der Waals surface area (Å²) in [4.78, 5) is 36.4. The number of amides is 2. The van der Waals surface area contributed by atoms with Crippen LogP contribution in [0.15, 0.2) is 24.7 Å². The average Bonchev–Trinajstić information content (AvgIpc) is 3.44. The molecule has 1 saturated carbocycles. The zero-order valence-corrected chi connectivity index (χ0v) is 21.0. The highest BCUT2D eigenvalue weighted by molar-refractivity contribution is 6.00. The summed E-state index contributed by atoms with van der Waals surface area (Å²) in [5.41, 5.74) is -1.11. The smallest absolute Gasteiger partial charge is 0.407 e. The van der Waals surface area contributed by atoms with Gasteiger partial charge in [0.25, 0.3) is 0 Å². The van der Waals surface area contributed by atoms with Gasteiger partial charge >= 0.3 is 6.09 Å². The largest absolute Gasteiger partial charge is 0.444 e. The van der Waals surface area contributed by atoms with E-state index in [2.05, 4.69) is 25.7 Å². The number of aliphatic hydroxyl groups excluding tert-OH is 1. The molecule has 11 heteroatoms. The molecule has 3 N–H and O–H groups in total. The number of hydrogen-bond acceptors (Lipinski definition) is 8. The van der Waals surface area contributed by atoms with Crippen molar-refractivity contribution in [2.24, 2.45) is 11.3 Å². The topological polar surface area (TPSA) is 134 Å². The number of rotatable bonds is 8. The van der Waals surface area contributed by atoms with Crippen molar-refractivity contribution in [2.75, 3.05) is 29.9 Å². The number of alkyl carbamates (subject to hydrolysis) is 1. The predicted molar refractivity (Wildman–Crippen MR) is 130 cm³/mol. The maximum Gasteiger partial charge on any atom is 0.407 e. The van der Waals surface area contributed by atoms with Crippen molar-refractivity contribution in [3.05, 3.63) is 24.7 Å². The number of nitrogens with zero attached hydrogens (tertiary/aromatic N) is 5. The first kappa shape index (κ1) is 24.9. The Bertz CT molecular complexity index is 1090. The number of anilines is 3. The molecule has 1 aliphatic carbocycles. The summed E-state index contributed by atoms with van der Waals surface area (Å²) in [5.74, 6) is 1.07. The van der Waals surface area contributed by atoms with Gasteiger partial charge in [0.2, 0.25) is 11.9 Å². The molecular weight excluding hydrogens is 450 g/mol. The van der Waals surface area contributed by atoms with Crippen molar-refractivity contribution in [1.29, 1.82) is 0 Å². The molecule has 2 aliphatic rings. The van der Waals surface area contributed by atoms with Gasteiger partial charge in [-0.2, -0.15) is 10.1 Å². The summed E-state index contributed by atoms with van der Waals surface area (Å²) < 4.78 is 7.04. The van der Waals surface area contributed by atoms with E-state index < -0.39 is 22.6 Å². The van der Waals surface area contributed by atoms with Crippen LogP contribution in [0.2, 0.25) is 0 Å². The van der Waals surface area contributed by atoms with E-state index in [9.17, 15) is 14.7 Å². The van der Waals surface area contributed by atoms with Crippen molar-refractivity contribution in [3.63, 3.8) is 0 Å². The lowest BCUT2D eigenvalue weighted by Gasteiger charge is -2.29. The summed E-state index contributed by atoms with van der Waals surface area (Å²) in [6, 6.07) is 1.71. The second kappa shape index (κ2) is 9.10. The first-order valence-electron chi connectivity index (χ1n) is 12.0. The molecule has 2 aromatic heterocycles. The van der Waals surface area contributed by atoms with Gasteiger partial charge in [-0.25, -0.2) is 9.78 Å². The van der Waals surface area contributed by atoms with E-state index in [-0.39, 0.29) is 25.0 Å². The van der Waals surface area contributed by atoms with Crippen LogP contribution >= 0.6 is 0 Å². The van der Waals surface area contributed by atoms with Crippen molar-refractivity contribution in [2.45, 2.75) is 65.0 Å². The molecule has 2 fully saturated rings. The lowest BCUT2D eigenvalue weighted by Crippen LogP contribution is -2.46. The summed E-state index contributed by atoms with van der Waals surface area (Å²) in [6.45, 7) is 9.90. The van der Waals surface area contributed by atoms with Crippen molar-refractivity contribution >= 4 is 29.5 Å². The number of nitrogens with one attached hydrogen (secondary N) is 2. The summed E-state index contributed by atoms with van der Waals surface area (Å²) in [6.07, 6.45) is 7.09. The SMILES string of the molecule is CC(C)(C)OC(=O)NC[C@@]1(C2CC2)CCN(c2ccnc(Nc3cnn(C(C)(C)CO)c3)n2)C1=O. The Balaban J connectivity index is 1.47. The first-order chi connectivity index (χ1) is 16.4. The van der Waals surface area contributed by atoms with Crippen LogP contribution < -0.4 is 15.5 Å². The predicted octanol–water partition coefficient (Wildman–Crippen LogP) is 2.80. The van der Waals surface area contributed by atoms with Crippen LogP contribution in [0.4, 0.5) is 22.2 Å². The second-order valence-corrected chi connectivity index (χ2v) is 11.0. The number of aliphatic hydroxyl groups is 1. The summed E-state index contributed by atoms with van der Waals surface area (Å²) in [7, 11) is 0. The molecule has 1 aliphatic heterocycles. The van der Waals surface area contributed by atoms with Crippen molar-refractivity contribution < 1.29 is 19.4 Å². The van der Waals surface area contributed by atoms with E-state index >= 15 is 0 Å². The molecule has 0 bridgehead atoms. The Kier molecular flexibility index (Phi) is 6.48. The second-order valence-electron chi connectivity index (χ2n) is 11.0. The minimum atomic E-state index is -0.646. The minimum Gasteiger partial charge on any atom is -0.444 e. The molecule has 0 radical (unpaired) electrons. The summed E-state index contributed by atoms with van der Waals surface area (Å²) >= 11 is 0. The Morgan fingerprint density at radius 1 is 1.29 bits per heavy atom. The van der Waals surface area contributed by atoms with Crippen molar-refractivity contribution in [1.82, 2.24) is 25.1 Å². The zero-order valence-electron chi connectivity index (χ0n) is 21.0. The molecule has 4 rings (SSSR count). The van der Waals surface area contributed by atoms with Crippen LogP contribution in [0.25, 0.3) is 0 Å². The van der Waals surface area contributed by atoms with Gasteiger partial charge in [-0.1, -0.05) is 0 Å². The Labute approximate surface area is 205 Å². The zero-order chi connectivity index (χ0) is 25.4. The van der Waals surface area contributed by atoms with Crippen LogP contribution in [0.5, 0.6) is 0 Å². The lowest BCUT2D eigenvalue weighted by molar-refractivity contribution is -0.126. The van der Waals surface area contributed by atoms with Crippen LogP contribution in [0.3, 0.4) is 0 Å². The van der Waals surface area contributed by atoms with Gasteiger partial charge in [0.1, 0.15) is 11.4 Å². The molecule has 1 saturated heterocycles. The molecule has 35 heavy (non-hydrogen) atoms. The minimum absolute atomic E-state index is 0.0294. The monoisotopic (exact) mass is 485 g/mol. The fourth-order valence-corrected chi connectivity index (χ4v) is 4.35. The molecule has 0 spiro atoms. The highest BCUT2D eigenvalue weighted by Crippen LogP contribution is 2.51. The van der Waals surface area contributed by atoms with Gasteiger partial charge in [-0.15, -0.1) is 0 Å². The molecule has 2 aromatic rings. The highest BCUT2D eigenvalue weighted by Gasteiger charge is 2.56. The molecule has 1 atom stereocenters. The molecule has 11 nitrogen and oxygen atoms in total. The van der Waals surface area contributed by atoms with Crippen LogP contribution in [0, 0.1) is 11.3 Å². The lowest BCUT2D eigenvalue weighted by atomic mass is 9.81. The quantitative estimate of drug-likeness (QED) is 0.520. The number of carbonyl (C=O) groups is 2. The van der Waals surface area contributed by atoms with E-state index in [1.54, 1.807) is 34.2 Å². The first-order valence-corrected chi connectivity index (χ1v) is 12.0. The third-order valence-electron chi connectivity index (χ3n) is 6.52. The Hall–Kier alpha value is -3.21. The van der Waals surface area contributed by atoms with E-state index in [1.807, 2.05) is 34.6 Å². The molecule has 2 amide bonds. The van der Waals surface area contributed by atoms with Gasteiger partial charge in [0.05, 0.1) is 29.4 Å². The summed E-state index contributed by atoms with van der Waals surface area (Å²) in [5, 5.41) is 19.8. The van der Waals surface area contributed by atoms with Crippen LogP contribution in [-0.2, 0) is 15.1 Å². The Morgan fingerprint density at radius 3 is 2.69 bits per heavy atom. The normalized spacial score (nSPS) is 20.7. The molecule has 3 heterocycles. The number of ether oxygens (including phenoxy) is 1. The van der Waals surface area contributed by atoms with Gasteiger partial charge in [-0.3, -0.25) is 14.4 Å². The maximum absolute atomic E-state index is 13.6. The molecule has 190 valence electrons. The average molecular weight is 486 g/mol. The number of hydrogen-bond donors (Lipinski definition) is 3. The molecule has 0 aromatic carbocycles. The van der Waals surface area contributed by atoms with Gasteiger partial charge in [0, 0.05) is 25.5 Å².